The molecule has 0 saturated carbocycles. The predicted molar refractivity (Wildman–Crippen MR) is 126 cm³/mol. The highest BCUT2D eigenvalue weighted by Crippen LogP contribution is 2.37. The summed E-state index contributed by atoms with van der Waals surface area (Å²) in [5.74, 6) is -1.71. The number of ketones is 1. The van der Waals surface area contributed by atoms with Gasteiger partial charge < -0.3 is 10.6 Å². The average Bonchev–Trinajstić information content (AvgIpc) is 3.47. The van der Waals surface area contributed by atoms with Crippen molar-refractivity contribution in [3.05, 3.63) is 93.8 Å². The van der Waals surface area contributed by atoms with Crippen LogP contribution in [0.15, 0.2) is 48.7 Å². The van der Waals surface area contributed by atoms with Gasteiger partial charge in [-0.25, -0.2) is 13.8 Å². The van der Waals surface area contributed by atoms with E-state index in [9.17, 15) is 18.4 Å². The van der Waals surface area contributed by atoms with Crippen LogP contribution in [0, 0.1) is 18.6 Å². The van der Waals surface area contributed by atoms with Crippen LogP contribution in [0.1, 0.15) is 62.5 Å². The standard InChI is InChI=1S/C26H23F2N5O2/c1-14-17(15(2)34)4-5-19-18(14)6-8-22(19)31-25-12-23(32-24-9-10-30-33(24)25)26(35)29-13-16-3-7-20(27)21(28)11-16/h3-5,7,9-12,22,31H,6,8,13H2,1-2H3,(H,29,35)/t22-/m0/s1. The molecular formula is C26H23F2N5O2. The molecule has 7 nitrogen and oxygen atoms in total. The van der Waals surface area contributed by atoms with Crippen molar-refractivity contribution in [1.82, 2.24) is 19.9 Å². The van der Waals surface area contributed by atoms with Gasteiger partial charge in [0.1, 0.15) is 11.5 Å². The molecule has 178 valence electrons. The first-order valence-electron chi connectivity index (χ1n) is 11.3. The second-order valence-corrected chi connectivity index (χ2v) is 8.66. The quantitative estimate of drug-likeness (QED) is 0.400. The third-order valence-electron chi connectivity index (χ3n) is 6.42. The number of amides is 1. The summed E-state index contributed by atoms with van der Waals surface area (Å²) < 4.78 is 28.3. The summed E-state index contributed by atoms with van der Waals surface area (Å²) >= 11 is 0. The van der Waals surface area contributed by atoms with E-state index in [1.807, 2.05) is 19.1 Å². The van der Waals surface area contributed by atoms with Gasteiger partial charge in [-0.15, -0.1) is 0 Å². The lowest BCUT2D eigenvalue weighted by molar-refractivity contribution is 0.0945. The van der Waals surface area contributed by atoms with Gasteiger partial charge in [0, 0.05) is 24.2 Å². The first-order valence-corrected chi connectivity index (χ1v) is 11.3. The smallest absolute Gasteiger partial charge is 0.270 e. The van der Waals surface area contributed by atoms with Gasteiger partial charge in [0.05, 0.1) is 12.2 Å². The first-order chi connectivity index (χ1) is 16.8. The van der Waals surface area contributed by atoms with Crippen LogP contribution in [0.5, 0.6) is 0 Å². The molecule has 35 heavy (non-hydrogen) atoms. The number of carbonyl (C=O) groups excluding carboxylic acids is 2. The second kappa shape index (κ2) is 8.90. The molecule has 1 atom stereocenters. The number of nitrogens with zero attached hydrogens (tertiary/aromatic N) is 3. The Hall–Kier alpha value is -4.14. The Morgan fingerprint density at radius 1 is 1.11 bits per heavy atom. The molecule has 2 heterocycles. The van der Waals surface area contributed by atoms with E-state index in [-0.39, 0.29) is 24.1 Å². The highest BCUT2D eigenvalue weighted by Gasteiger charge is 2.26. The average molecular weight is 475 g/mol. The van der Waals surface area contributed by atoms with Gasteiger partial charge >= 0.3 is 0 Å². The van der Waals surface area contributed by atoms with E-state index in [0.717, 1.165) is 41.7 Å². The number of aromatic nitrogens is 3. The van der Waals surface area contributed by atoms with Crippen molar-refractivity contribution < 1.29 is 18.4 Å². The van der Waals surface area contributed by atoms with Crippen molar-refractivity contribution in [2.75, 3.05) is 5.32 Å². The summed E-state index contributed by atoms with van der Waals surface area (Å²) in [5, 5.41) is 10.5. The zero-order chi connectivity index (χ0) is 24.7. The summed E-state index contributed by atoms with van der Waals surface area (Å²) in [6.45, 7) is 3.58. The molecule has 0 fully saturated rings. The zero-order valence-corrected chi connectivity index (χ0v) is 19.2. The van der Waals surface area contributed by atoms with E-state index in [2.05, 4.69) is 20.7 Å². The molecule has 2 aromatic heterocycles. The van der Waals surface area contributed by atoms with E-state index in [0.29, 0.717) is 17.0 Å². The highest BCUT2D eigenvalue weighted by atomic mass is 19.2. The SMILES string of the molecule is CC(=O)c1ccc2c(c1C)CC[C@@H]2Nc1cc(C(=O)NCc2ccc(F)c(F)c2)nc2ccnn12. The molecule has 0 unspecified atom stereocenters. The van der Waals surface area contributed by atoms with E-state index in [4.69, 9.17) is 0 Å². The molecular weight excluding hydrogens is 452 g/mol. The number of nitrogens with one attached hydrogen (secondary N) is 2. The number of fused-ring (bicyclic) bond motifs is 2. The van der Waals surface area contributed by atoms with Gasteiger partial charge in [-0.3, -0.25) is 9.59 Å². The van der Waals surface area contributed by atoms with E-state index in [1.54, 1.807) is 29.8 Å². The second-order valence-electron chi connectivity index (χ2n) is 8.66. The van der Waals surface area contributed by atoms with Gasteiger partial charge in [0.2, 0.25) is 0 Å². The Kier molecular flexibility index (Phi) is 5.76. The van der Waals surface area contributed by atoms with Crippen LogP contribution < -0.4 is 10.6 Å². The number of anilines is 1. The normalized spacial score (nSPS) is 14.7. The van der Waals surface area contributed by atoms with Crippen LogP contribution in [-0.2, 0) is 13.0 Å². The van der Waals surface area contributed by atoms with E-state index >= 15 is 0 Å². The minimum absolute atomic E-state index is 0.0161. The van der Waals surface area contributed by atoms with Crippen molar-refractivity contribution in [2.45, 2.75) is 39.3 Å². The number of benzene rings is 2. The van der Waals surface area contributed by atoms with Gasteiger partial charge in [-0.2, -0.15) is 9.61 Å². The van der Waals surface area contributed by atoms with Crippen LogP contribution in [-0.4, -0.2) is 26.3 Å². The lowest BCUT2D eigenvalue weighted by atomic mass is 9.96. The van der Waals surface area contributed by atoms with Crippen LogP contribution in [0.2, 0.25) is 0 Å². The molecule has 2 N–H and O–H groups in total. The fraction of sp³-hybridized carbons (Fsp3) is 0.231. The maximum atomic E-state index is 13.5. The molecule has 9 heteroatoms. The van der Waals surface area contributed by atoms with Crippen molar-refractivity contribution in [1.29, 1.82) is 0 Å². The van der Waals surface area contributed by atoms with Crippen molar-refractivity contribution in [3.8, 4) is 0 Å². The lowest BCUT2D eigenvalue weighted by Gasteiger charge is -2.18. The number of rotatable bonds is 6. The van der Waals surface area contributed by atoms with Crippen LogP contribution in [0.4, 0.5) is 14.6 Å². The summed E-state index contributed by atoms with van der Waals surface area (Å²) in [6, 6.07) is 10.6. The summed E-state index contributed by atoms with van der Waals surface area (Å²) in [6.07, 6.45) is 3.28. The Labute approximate surface area is 200 Å². The number of hydrogen-bond donors (Lipinski definition) is 2. The minimum Gasteiger partial charge on any atom is -0.363 e. The first kappa shape index (κ1) is 22.6. The number of Topliss-reactive ketones (excluding diaryl/α,β-unsaturated/α-hetero) is 1. The van der Waals surface area contributed by atoms with Crippen LogP contribution in [0.25, 0.3) is 5.65 Å². The van der Waals surface area contributed by atoms with Gasteiger partial charge in [-0.05, 0) is 61.1 Å². The number of hydrogen-bond acceptors (Lipinski definition) is 5. The number of halogens is 2. The number of carbonyl (C=O) groups is 2. The largest absolute Gasteiger partial charge is 0.363 e. The maximum absolute atomic E-state index is 13.5. The molecule has 2 aromatic carbocycles. The predicted octanol–water partition coefficient (Wildman–Crippen LogP) is 4.55. The van der Waals surface area contributed by atoms with E-state index in [1.165, 1.54) is 11.6 Å². The zero-order valence-electron chi connectivity index (χ0n) is 19.2. The molecule has 4 aromatic rings. The monoisotopic (exact) mass is 475 g/mol. The van der Waals surface area contributed by atoms with E-state index < -0.39 is 17.5 Å². The Bertz CT molecular complexity index is 1480. The molecule has 0 radical (unpaired) electrons. The molecule has 0 saturated heterocycles. The third-order valence-corrected chi connectivity index (χ3v) is 6.42. The van der Waals surface area contributed by atoms with Crippen molar-refractivity contribution in [3.63, 3.8) is 0 Å². The third kappa shape index (κ3) is 4.25. The fourth-order valence-electron chi connectivity index (χ4n) is 4.64. The molecule has 0 spiro atoms. The highest BCUT2D eigenvalue weighted by molar-refractivity contribution is 5.96. The fourth-order valence-corrected chi connectivity index (χ4v) is 4.64. The molecule has 0 aliphatic heterocycles. The van der Waals surface area contributed by atoms with Crippen molar-refractivity contribution >= 4 is 23.2 Å². The Balaban J connectivity index is 1.40. The molecule has 0 bridgehead atoms. The topological polar surface area (TPSA) is 88.4 Å². The summed E-state index contributed by atoms with van der Waals surface area (Å²) in [7, 11) is 0. The van der Waals surface area contributed by atoms with Crippen LogP contribution in [0.3, 0.4) is 0 Å². The Morgan fingerprint density at radius 2 is 1.94 bits per heavy atom. The van der Waals surface area contributed by atoms with Crippen molar-refractivity contribution in [2.24, 2.45) is 0 Å². The molecule has 1 aliphatic rings. The van der Waals surface area contributed by atoms with Gasteiger partial charge in [-0.1, -0.05) is 18.2 Å². The molecule has 1 amide bonds. The Morgan fingerprint density at radius 3 is 2.71 bits per heavy atom. The molecule has 1 aliphatic carbocycles. The van der Waals surface area contributed by atoms with Gasteiger partial charge in [0.15, 0.2) is 23.1 Å². The summed E-state index contributed by atoms with van der Waals surface area (Å²) in [5.41, 5.74) is 5.14. The maximum Gasteiger partial charge on any atom is 0.270 e. The molecule has 5 rings (SSSR count). The van der Waals surface area contributed by atoms with Gasteiger partial charge in [0.25, 0.3) is 5.91 Å². The summed E-state index contributed by atoms with van der Waals surface area (Å²) in [4.78, 5) is 29.1. The minimum atomic E-state index is -0.968. The van der Waals surface area contributed by atoms with Crippen LogP contribution >= 0.6 is 0 Å². The lowest BCUT2D eigenvalue weighted by Crippen LogP contribution is -2.25.